The number of nitrogens with zero attached hydrogens (tertiary/aromatic N) is 2. The molecule has 0 saturated carbocycles. The quantitative estimate of drug-likeness (QED) is 0.668. The molecular weight excluding hydrogens is 458 g/mol. The van der Waals surface area contributed by atoms with Crippen LogP contribution in [0.2, 0.25) is 0 Å². The normalized spacial score (nSPS) is 12.9. The molecule has 3 nitrogen and oxygen atoms in total. The lowest BCUT2D eigenvalue weighted by atomic mass is 10.1. The topological polar surface area (TPSA) is 29.9 Å². The Morgan fingerprint density at radius 2 is 2.11 bits per heavy atom. The van der Waals surface area contributed by atoms with E-state index >= 15 is 0 Å². The van der Waals surface area contributed by atoms with Gasteiger partial charge in [-0.25, -0.2) is 0 Å². The molecule has 0 aliphatic carbocycles. The van der Waals surface area contributed by atoms with Crippen LogP contribution in [0.5, 0.6) is 0 Å². The molecule has 19 heavy (non-hydrogen) atoms. The van der Waals surface area contributed by atoms with E-state index in [9.17, 15) is 0 Å². The van der Waals surface area contributed by atoms with Crippen molar-refractivity contribution in [3.63, 3.8) is 0 Å². The minimum Gasteiger partial charge on any atom is -0.307 e. The third-order valence-corrected chi connectivity index (χ3v) is 6.71. The molecule has 1 unspecified atom stereocenters. The SMILES string of the molecule is CCCn1ncc(Br)c1C(NC)c1cc(Br)c(Br)s1. The fourth-order valence-corrected chi connectivity index (χ4v) is 4.70. The summed E-state index contributed by atoms with van der Waals surface area (Å²) in [7, 11) is 1.97. The van der Waals surface area contributed by atoms with Crippen LogP contribution in [0.25, 0.3) is 0 Å². The summed E-state index contributed by atoms with van der Waals surface area (Å²) >= 11 is 12.4. The van der Waals surface area contributed by atoms with E-state index in [1.54, 1.807) is 11.3 Å². The number of aromatic nitrogens is 2. The largest absolute Gasteiger partial charge is 0.307 e. The molecule has 1 N–H and O–H groups in total. The van der Waals surface area contributed by atoms with Crippen molar-refractivity contribution in [3.8, 4) is 0 Å². The van der Waals surface area contributed by atoms with Crippen LogP contribution in [0.15, 0.2) is 25.0 Å². The van der Waals surface area contributed by atoms with Crippen molar-refractivity contribution in [2.24, 2.45) is 0 Å². The third kappa shape index (κ3) is 3.32. The van der Waals surface area contributed by atoms with E-state index in [-0.39, 0.29) is 6.04 Å². The molecule has 0 aliphatic heterocycles. The first-order valence-corrected chi connectivity index (χ1v) is 9.11. The van der Waals surface area contributed by atoms with Gasteiger partial charge in [0.15, 0.2) is 0 Å². The maximum atomic E-state index is 4.44. The zero-order valence-electron chi connectivity index (χ0n) is 10.6. The highest BCUT2D eigenvalue weighted by molar-refractivity contribution is 9.13. The fraction of sp³-hybridized carbons (Fsp3) is 0.417. The molecule has 1 atom stereocenters. The van der Waals surface area contributed by atoms with Gasteiger partial charge in [0.25, 0.3) is 0 Å². The van der Waals surface area contributed by atoms with E-state index in [2.05, 4.69) is 75.9 Å². The molecule has 0 radical (unpaired) electrons. The first kappa shape index (κ1) is 15.7. The molecule has 0 amide bonds. The van der Waals surface area contributed by atoms with E-state index in [1.165, 1.54) is 10.6 Å². The summed E-state index contributed by atoms with van der Waals surface area (Å²) in [6, 6.07) is 2.28. The highest BCUT2D eigenvalue weighted by Gasteiger charge is 2.22. The first-order valence-electron chi connectivity index (χ1n) is 5.91. The van der Waals surface area contributed by atoms with Gasteiger partial charge in [-0.2, -0.15) is 5.10 Å². The summed E-state index contributed by atoms with van der Waals surface area (Å²) in [5.41, 5.74) is 1.17. The van der Waals surface area contributed by atoms with Crippen LogP contribution in [0, 0.1) is 0 Å². The lowest BCUT2D eigenvalue weighted by Gasteiger charge is -2.17. The molecule has 2 rings (SSSR count). The van der Waals surface area contributed by atoms with Crippen molar-refractivity contribution in [2.75, 3.05) is 7.05 Å². The Kier molecular flexibility index (Phi) is 5.65. The average molecular weight is 472 g/mol. The molecule has 0 aliphatic rings. The molecule has 0 aromatic carbocycles. The maximum Gasteiger partial charge on any atom is 0.0851 e. The van der Waals surface area contributed by atoms with Crippen molar-refractivity contribution in [1.82, 2.24) is 15.1 Å². The van der Waals surface area contributed by atoms with Gasteiger partial charge in [-0.3, -0.25) is 4.68 Å². The molecule has 7 heteroatoms. The van der Waals surface area contributed by atoms with E-state index in [0.29, 0.717) is 0 Å². The average Bonchev–Trinajstić information content (AvgIpc) is 2.88. The minimum atomic E-state index is 0.135. The van der Waals surface area contributed by atoms with E-state index in [0.717, 1.165) is 25.7 Å². The molecule has 2 aromatic rings. The van der Waals surface area contributed by atoms with Gasteiger partial charge in [0.2, 0.25) is 0 Å². The Morgan fingerprint density at radius 1 is 1.37 bits per heavy atom. The van der Waals surface area contributed by atoms with Gasteiger partial charge in [-0.1, -0.05) is 6.92 Å². The van der Waals surface area contributed by atoms with Gasteiger partial charge in [0.1, 0.15) is 0 Å². The van der Waals surface area contributed by atoms with Crippen LogP contribution < -0.4 is 5.32 Å². The van der Waals surface area contributed by atoms with Crippen molar-refractivity contribution < 1.29 is 0 Å². The lowest BCUT2D eigenvalue weighted by Crippen LogP contribution is -2.21. The Balaban J connectivity index is 2.44. The van der Waals surface area contributed by atoms with Crippen LogP contribution in [0.1, 0.15) is 30.0 Å². The zero-order chi connectivity index (χ0) is 14.0. The van der Waals surface area contributed by atoms with E-state index in [1.807, 2.05) is 13.2 Å². The summed E-state index contributed by atoms with van der Waals surface area (Å²) in [6.45, 7) is 3.08. The number of nitrogens with one attached hydrogen (secondary N) is 1. The standard InChI is InChI=1S/C12H14Br3N3S/c1-3-4-18-11(8(14)6-17-18)10(16-2)9-5-7(13)12(15)19-9/h5-6,10,16H,3-4H2,1-2H3. The molecule has 0 spiro atoms. The Bertz CT molecular complexity index is 545. The second-order valence-electron chi connectivity index (χ2n) is 4.09. The first-order chi connectivity index (χ1) is 9.08. The molecule has 0 fully saturated rings. The Hall–Kier alpha value is 0.310. The summed E-state index contributed by atoms with van der Waals surface area (Å²) in [5.74, 6) is 0. The highest BCUT2D eigenvalue weighted by atomic mass is 79.9. The number of hydrogen-bond donors (Lipinski definition) is 1. The molecule has 2 heterocycles. The number of thiophene rings is 1. The molecule has 2 aromatic heterocycles. The van der Waals surface area contributed by atoms with Gasteiger partial charge < -0.3 is 5.32 Å². The van der Waals surface area contributed by atoms with E-state index in [4.69, 9.17) is 0 Å². The van der Waals surface area contributed by atoms with Crippen molar-refractivity contribution >= 4 is 59.1 Å². The number of hydrogen-bond acceptors (Lipinski definition) is 3. The van der Waals surface area contributed by atoms with Gasteiger partial charge in [-0.05, 0) is 67.3 Å². The van der Waals surface area contributed by atoms with Crippen molar-refractivity contribution in [1.29, 1.82) is 0 Å². The summed E-state index contributed by atoms with van der Waals surface area (Å²) < 4.78 is 5.30. The Morgan fingerprint density at radius 3 is 2.63 bits per heavy atom. The number of halogens is 3. The van der Waals surface area contributed by atoms with Crippen LogP contribution in [-0.4, -0.2) is 16.8 Å². The lowest BCUT2D eigenvalue weighted by molar-refractivity contribution is 0.536. The summed E-state index contributed by atoms with van der Waals surface area (Å²) in [4.78, 5) is 1.25. The van der Waals surface area contributed by atoms with Gasteiger partial charge in [0.05, 0.1) is 26.2 Å². The van der Waals surface area contributed by atoms with Gasteiger partial charge >= 0.3 is 0 Å². The molecular formula is C12H14Br3N3S. The third-order valence-electron chi connectivity index (χ3n) is 2.78. The van der Waals surface area contributed by atoms with Crippen LogP contribution in [-0.2, 0) is 6.54 Å². The predicted molar refractivity (Wildman–Crippen MR) is 90.8 cm³/mol. The summed E-state index contributed by atoms with van der Waals surface area (Å²) in [6.07, 6.45) is 2.93. The summed E-state index contributed by atoms with van der Waals surface area (Å²) in [5, 5.41) is 7.82. The Labute approximate surface area is 142 Å². The van der Waals surface area contributed by atoms with Crippen LogP contribution in [0.4, 0.5) is 0 Å². The second kappa shape index (κ2) is 6.85. The number of rotatable bonds is 5. The second-order valence-corrected chi connectivity index (χ2v) is 8.20. The predicted octanol–water partition coefficient (Wildman–Crippen LogP) is 4.95. The van der Waals surface area contributed by atoms with Crippen molar-refractivity contribution in [2.45, 2.75) is 25.9 Å². The van der Waals surface area contributed by atoms with Crippen molar-refractivity contribution in [3.05, 3.63) is 35.6 Å². The minimum absolute atomic E-state index is 0.135. The molecule has 0 saturated heterocycles. The van der Waals surface area contributed by atoms with Gasteiger partial charge in [-0.15, -0.1) is 11.3 Å². The zero-order valence-corrected chi connectivity index (χ0v) is 16.2. The monoisotopic (exact) mass is 469 g/mol. The molecule has 104 valence electrons. The number of aryl methyl sites for hydroxylation is 1. The highest BCUT2D eigenvalue weighted by Crippen LogP contribution is 2.39. The van der Waals surface area contributed by atoms with Crippen LogP contribution in [0.3, 0.4) is 0 Å². The maximum absolute atomic E-state index is 4.44. The molecule has 0 bridgehead atoms. The van der Waals surface area contributed by atoms with E-state index < -0.39 is 0 Å². The van der Waals surface area contributed by atoms with Crippen LogP contribution >= 0.6 is 59.1 Å². The van der Waals surface area contributed by atoms with Gasteiger partial charge in [0, 0.05) is 15.9 Å². The fourth-order valence-electron chi connectivity index (χ4n) is 1.97. The smallest absolute Gasteiger partial charge is 0.0851 e.